The molecule has 1 saturated heterocycles. The van der Waals surface area contributed by atoms with E-state index in [0.29, 0.717) is 17.0 Å². The van der Waals surface area contributed by atoms with Crippen LogP contribution in [0.25, 0.3) is 11.5 Å². The summed E-state index contributed by atoms with van der Waals surface area (Å²) in [6, 6.07) is 14.0. The van der Waals surface area contributed by atoms with Crippen LogP contribution >= 0.6 is 11.6 Å². The summed E-state index contributed by atoms with van der Waals surface area (Å²) >= 11 is 5.96. The number of rotatable bonds is 6. The van der Waals surface area contributed by atoms with Crippen molar-refractivity contribution in [2.75, 3.05) is 20.8 Å². The van der Waals surface area contributed by atoms with E-state index in [2.05, 4.69) is 22.0 Å². The van der Waals surface area contributed by atoms with E-state index in [4.69, 9.17) is 25.5 Å². The zero-order valence-electron chi connectivity index (χ0n) is 16.0. The molecule has 146 valence electrons. The summed E-state index contributed by atoms with van der Waals surface area (Å²) in [6.07, 6.45) is 4.01. The van der Waals surface area contributed by atoms with Crippen LogP contribution in [0, 0.1) is 0 Å². The van der Waals surface area contributed by atoms with E-state index in [9.17, 15) is 0 Å². The normalized spacial score (nSPS) is 17.0. The van der Waals surface area contributed by atoms with Gasteiger partial charge in [-0.25, -0.2) is 4.98 Å². The topological polar surface area (TPSA) is 47.7 Å². The summed E-state index contributed by atoms with van der Waals surface area (Å²) in [5.74, 6) is 2.13. The smallest absolute Gasteiger partial charge is 0.226 e. The van der Waals surface area contributed by atoms with Gasteiger partial charge in [-0.2, -0.15) is 0 Å². The number of hydrogen-bond donors (Lipinski definition) is 0. The lowest BCUT2D eigenvalue weighted by atomic mass is 10.0. The van der Waals surface area contributed by atoms with Crippen LogP contribution < -0.4 is 9.47 Å². The fourth-order valence-electron chi connectivity index (χ4n) is 3.77. The first-order valence-corrected chi connectivity index (χ1v) is 9.72. The van der Waals surface area contributed by atoms with Gasteiger partial charge < -0.3 is 13.9 Å². The highest BCUT2D eigenvalue weighted by atomic mass is 35.5. The molecule has 1 aliphatic rings. The molecule has 6 heteroatoms. The van der Waals surface area contributed by atoms with Crippen LogP contribution in [0.4, 0.5) is 0 Å². The van der Waals surface area contributed by atoms with Gasteiger partial charge in [0.2, 0.25) is 5.89 Å². The minimum absolute atomic E-state index is 0.329. The molecule has 0 spiro atoms. The van der Waals surface area contributed by atoms with Gasteiger partial charge in [-0.15, -0.1) is 0 Å². The molecule has 4 rings (SSSR count). The van der Waals surface area contributed by atoms with Crippen molar-refractivity contribution < 1.29 is 13.9 Å². The Balaban J connectivity index is 1.51. The van der Waals surface area contributed by atoms with Crippen molar-refractivity contribution >= 4 is 11.6 Å². The Morgan fingerprint density at radius 2 is 1.89 bits per heavy atom. The fourth-order valence-corrected chi connectivity index (χ4v) is 3.89. The number of nitrogens with zero attached hydrogens (tertiary/aromatic N) is 2. The maximum Gasteiger partial charge on any atom is 0.226 e. The predicted molar refractivity (Wildman–Crippen MR) is 109 cm³/mol. The maximum absolute atomic E-state index is 5.96. The molecule has 0 saturated carbocycles. The highest BCUT2D eigenvalue weighted by Crippen LogP contribution is 2.37. The minimum Gasteiger partial charge on any atom is -0.493 e. The third kappa shape index (κ3) is 3.86. The van der Waals surface area contributed by atoms with Gasteiger partial charge in [-0.05, 0) is 61.3 Å². The lowest BCUT2D eigenvalue weighted by Crippen LogP contribution is -2.23. The molecular formula is C22H23ClN2O3. The molecule has 28 heavy (non-hydrogen) atoms. The van der Waals surface area contributed by atoms with E-state index in [0.717, 1.165) is 48.7 Å². The van der Waals surface area contributed by atoms with Crippen LogP contribution in [0.3, 0.4) is 0 Å². The monoisotopic (exact) mass is 398 g/mol. The number of oxazole rings is 1. The average Bonchev–Trinajstić information content (AvgIpc) is 3.38. The molecule has 0 amide bonds. The van der Waals surface area contributed by atoms with Crippen molar-refractivity contribution in [2.45, 2.75) is 25.4 Å². The first kappa shape index (κ1) is 18.8. The van der Waals surface area contributed by atoms with Crippen LogP contribution in [0.5, 0.6) is 11.5 Å². The third-order valence-electron chi connectivity index (χ3n) is 5.16. The zero-order valence-corrected chi connectivity index (χ0v) is 16.8. The molecule has 1 aromatic heterocycles. The minimum atomic E-state index is 0.329. The average molecular weight is 399 g/mol. The molecule has 2 aromatic carbocycles. The summed E-state index contributed by atoms with van der Waals surface area (Å²) < 4.78 is 16.5. The van der Waals surface area contributed by atoms with Crippen molar-refractivity contribution in [3.8, 4) is 23.0 Å². The van der Waals surface area contributed by atoms with Gasteiger partial charge in [0, 0.05) is 23.2 Å². The molecule has 1 atom stereocenters. The van der Waals surface area contributed by atoms with E-state index in [1.807, 2.05) is 30.3 Å². The van der Waals surface area contributed by atoms with Gasteiger partial charge in [0.15, 0.2) is 11.5 Å². The first-order valence-electron chi connectivity index (χ1n) is 9.34. The fraction of sp³-hybridized carbons (Fsp3) is 0.318. The number of benzene rings is 2. The van der Waals surface area contributed by atoms with E-state index in [1.165, 1.54) is 5.56 Å². The highest BCUT2D eigenvalue weighted by Gasteiger charge is 2.27. The molecule has 0 bridgehead atoms. The van der Waals surface area contributed by atoms with E-state index < -0.39 is 0 Å². The standard InChI is InChI=1S/C22H23ClN2O3/c1-26-20-10-7-16(12-21(20)27-2)19-4-3-11-25(19)13-18-14-28-22(24-18)15-5-8-17(23)9-6-15/h5-10,12,14,19H,3-4,11,13H2,1-2H3. The Morgan fingerprint density at radius 1 is 1.11 bits per heavy atom. The van der Waals surface area contributed by atoms with Crippen molar-refractivity contribution in [3.63, 3.8) is 0 Å². The third-order valence-corrected chi connectivity index (χ3v) is 5.42. The molecule has 0 N–H and O–H groups in total. The Kier molecular flexibility index (Phi) is 5.55. The Morgan fingerprint density at radius 3 is 2.64 bits per heavy atom. The van der Waals surface area contributed by atoms with Crippen LogP contribution in [0.1, 0.15) is 30.1 Å². The largest absolute Gasteiger partial charge is 0.493 e. The molecule has 0 radical (unpaired) electrons. The number of hydrogen-bond acceptors (Lipinski definition) is 5. The van der Waals surface area contributed by atoms with Crippen LogP contribution in [0.15, 0.2) is 53.1 Å². The van der Waals surface area contributed by atoms with Crippen molar-refractivity contribution in [2.24, 2.45) is 0 Å². The summed E-state index contributed by atoms with van der Waals surface area (Å²) in [5.41, 5.74) is 3.09. The van der Waals surface area contributed by atoms with E-state index in [-0.39, 0.29) is 0 Å². The van der Waals surface area contributed by atoms with Crippen LogP contribution in [-0.4, -0.2) is 30.6 Å². The predicted octanol–water partition coefficient (Wildman–Crippen LogP) is 5.35. The van der Waals surface area contributed by atoms with Crippen molar-refractivity contribution in [1.82, 2.24) is 9.88 Å². The van der Waals surface area contributed by atoms with Gasteiger partial charge in [0.25, 0.3) is 0 Å². The second-order valence-corrected chi connectivity index (χ2v) is 7.33. The zero-order chi connectivity index (χ0) is 19.5. The quantitative estimate of drug-likeness (QED) is 0.560. The first-order chi connectivity index (χ1) is 13.7. The molecule has 1 fully saturated rings. The molecular weight excluding hydrogens is 376 g/mol. The Bertz CT molecular complexity index is 939. The van der Waals surface area contributed by atoms with Gasteiger partial charge in [-0.3, -0.25) is 4.90 Å². The summed E-state index contributed by atoms with van der Waals surface area (Å²) in [5, 5.41) is 0.699. The van der Waals surface area contributed by atoms with Crippen molar-refractivity contribution in [1.29, 1.82) is 0 Å². The molecule has 2 heterocycles. The van der Waals surface area contributed by atoms with Gasteiger partial charge >= 0.3 is 0 Å². The molecule has 5 nitrogen and oxygen atoms in total. The number of likely N-dealkylation sites (tertiary alicyclic amines) is 1. The number of ether oxygens (including phenoxy) is 2. The lowest BCUT2D eigenvalue weighted by Gasteiger charge is -2.24. The summed E-state index contributed by atoms with van der Waals surface area (Å²) in [7, 11) is 3.32. The molecule has 0 aliphatic carbocycles. The van der Waals surface area contributed by atoms with E-state index in [1.54, 1.807) is 20.5 Å². The van der Waals surface area contributed by atoms with Gasteiger partial charge in [-0.1, -0.05) is 17.7 Å². The van der Waals surface area contributed by atoms with Gasteiger partial charge in [0.05, 0.1) is 19.9 Å². The molecule has 3 aromatic rings. The SMILES string of the molecule is COc1ccc(C2CCCN2Cc2coc(-c3ccc(Cl)cc3)n2)cc1OC. The highest BCUT2D eigenvalue weighted by molar-refractivity contribution is 6.30. The molecule has 1 unspecified atom stereocenters. The Hall–Kier alpha value is -2.50. The number of aromatic nitrogens is 1. The number of halogens is 1. The van der Waals surface area contributed by atoms with Gasteiger partial charge in [0.1, 0.15) is 6.26 Å². The van der Waals surface area contributed by atoms with Crippen LogP contribution in [0.2, 0.25) is 5.02 Å². The van der Waals surface area contributed by atoms with E-state index >= 15 is 0 Å². The maximum atomic E-state index is 5.96. The molecule has 1 aliphatic heterocycles. The number of methoxy groups -OCH3 is 2. The van der Waals surface area contributed by atoms with Crippen LogP contribution in [-0.2, 0) is 6.54 Å². The second kappa shape index (κ2) is 8.25. The summed E-state index contributed by atoms with van der Waals surface area (Å²) in [4.78, 5) is 7.10. The summed E-state index contributed by atoms with van der Waals surface area (Å²) in [6.45, 7) is 1.78. The second-order valence-electron chi connectivity index (χ2n) is 6.89. The Labute approximate surface area is 169 Å². The lowest BCUT2D eigenvalue weighted by molar-refractivity contribution is 0.244. The van der Waals surface area contributed by atoms with Crippen molar-refractivity contribution in [3.05, 3.63) is 65.0 Å².